The van der Waals surface area contributed by atoms with Crippen LogP contribution in [0.1, 0.15) is 0 Å². The molecule has 0 unspecified atom stereocenters. The second-order valence-electron chi connectivity index (χ2n) is 4.04. The van der Waals surface area contributed by atoms with E-state index >= 15 is 0 Å². The van der Waals surface area contributed by atoms with E-state index in [0.717, 1.165) is 5.56 Å². The van der Waals surface area contributed by atoms with Gasteiger partial charge in [0.1, 0.15) is 17.5 Å². The number of nitrogens with zero attached hydrogens (tertiary/aromatic N) is 1. The van der Waals surface area contributed by atoms with Gasteiger partial charge in [0.15, 0.2) is 0 Å². The minimum atomic E-state index is 0.0936. The average Bonchev–Trinajstić information content (AvgIpc) is 2.72. The third-order valence-electron chi connectivity index (χ3n) is 2.66. The Labute approximate surface area is 108 Å². The largest absolute Gasteiger partial charge is 0.484 e. The molecule has 1 aromatic carbocycles. The van der Waals surface area contributed by atoms with E-state index in [1.54, 1.807) is 18.2 Å². The fourth-order valence-electron chi connectivity index (χ4n) is 1.64. The molecule has 18 heavy (non-hydrogen) atoms. The van der Waals surface area contributed by atoms with Crippen LogP contribution >= 0.6 is 11.6 Å². The van der Waals surface area contributed by atoms with E-state index in [9.17, 15) is 0 Å². The molecule has 5 nitrogen and oxygen atoms in total. The number of ether oxygens (including phenoxy) is 2. The fraction of sp³-hybridized carbons (Fsp3) is 0.250. The molecule has 1 fully saturated rings. The lowest BCUT2D eigenvalue weighted by Gasteiger charge is -2.27. The molecule has 1 aliphatic heterocycles. The van der Waals surface area contributed by atoms with Crippen LogP contribution in [0.25, 0.3) is 11.3 Å². The van der Waals surface area contributed by atoms with Gasteiger partial charge < -0.3 is 19.7 Å². The molecule has 0 bridgehead atoms. The summed E-state index contributed by atoms with van der Waals surface area (Å²) >= 11 is 6.16. The lowest BCUT2D eigenvalue weighted by atomic mass is 10.1. The molecule has 3 rings (SSSR count). The van der Waals surface area contributed by atoms with Crippen LogP contribution in [-0.4, -0.2) is 24.5 Å². The zero-order valence-electron chi connectivity index (χ0n) is 9.43. The monoisotopic (exact) mass is 266 g/mol. The Morgan fingerprint density at radius 3 is 2.72 bits per heavy atom. The highest BCUT2D eigenvalue weighted by Gasteiger charge is 2.21. The van der Waals surface area contributed by atoms with Crippen molar-refractivity contribution in [1.82, 2.24) is 5.16 Å². The van der Waals surface area contributed by atoms with E-state index in [1.807, 2.05) is 6.07 Å². The molecule has 1 saturated heterocycles. The molecular formula is C12H11ClN2O3. The number of anilines is 1. The number of nitrogen functional groups attached to an aromatic ring is 1. The third-order valence-corrected chi connectivity index (χ3v) is 2.95. The van der Waals surface area contributed by atoms with Crippen molar-refractivity contribution in [2.45, 2.75) is 6.10 Å². The molecule has 1 aliphatic rings. The van der Waals surface area contributed by atoms with Crippen molar-refractivity contribution < 1.29 is 14.0 Å². The molecule has 0 atom stereocenters. The van der Waals surface area contributed by atoms with Gasteiger partial charge in [-0.2, -0.15) is 0 Å². The number of aromatic nitrogens is 1. The first-order valence-electron chi connectivity index (χ1n) is 5.49. The molecule has 6 heteroatoms. The van der Waals surface area contributed by atoms with Gasteiger partial charge in [-0.25, -0.2) is 0 Å². The maximum atomic E-state index is 6.16. The first-order valence-corrected chi connectivity index (χ1v) is 5.86. The van der Waals surface area contributed by atoms with Gasteiger partial charge >= 0.3 is 0 Å². The van der Waals surface area contributed by atoms with Crippen molar-refractivity contribution in [2.24, 2.45) is 0 Å². The SMILES string of the molecule is Nc1cc(-c2ccc(OC3COC3)c(Cl)c2)no1. The molecule has 94 valence electrons. The molecule has 0 amide bonds. The van der Waals surface area contributed by atoms with E-state index in [1.165, 1.54) is 0 Å². The van der Waals surface area contributed by atoms with Gasteiger partial charge in [0.05, 0.1) is 18.2 Å². The Morgan fingerprint density at radius 1 is 1.33 bits per heavy atom. The highest BCUT2D eigenvalue weighted by molar-refractivity contribution is 6.32. The van der Waals surface area contributed by atoms with E-state index in [0.29, 0.717) is 29.7 Å². The molecular weight excluding hydrogens is 256 g/mol. The maximum absolute atomic E-state index is 6.16. The highest BCUT2D eigenvalue weighted by Crippen LogP contribution is 2.31. The van der Waals surface area contributed by atoms with Gasteiger partial charge in [0.2, 0.25) is 5.88 Å². The quantitative estimate of drug-likeness (QED) is 0.923. The molecule has 2 heterocycles. The number of halogens is 1. The summed E-state index contributed by atoms with van der Waals surface area (Å²) in [7, 11) is 0. The van der Waals surface area contributed by atoms with Crippen LogP contribution in [-0.2, 0) is 4.74 Å². The Hall–Kier alpha value is -1.72. The number of rotatable bonds is 3. The summed E-state index contributed by atoms with van der Waals surface area (Å²) in [6.07, 6.45) is 0.0936. The van der Waals surface area contributed by atoms with Crippen molar-refractivity contribution in [2.75, 3.05) is 18.9 Å². The summed E-state index contributed by atoms with van der Waals surface area (Å²) in [5.41, 5.74) is 6.95. The topological polar surface area (TPSA) is 70.5 Å². The van der Waals surface area contributed by atoms with Gasteiger partial charge in [0, 0.05) is 11.6 Å². The second-order valence-corrected chi connectivity index (χ2v) is 4.44. The maximum Gasteiger partial charge on any atom is 0.222 e. The minimum Gasteiger partial charge on any atom is -0.484 e. The van der Waals surface area contributed by atoms with Gasteiger partial charge in [-0.15, -0.1) is 0 Å². The minimum absolute atomic E-state index is 0.0936. The Balaban J connectivity index is 1.83. The second kappa shape index (κ2) is 4.51. The average molecular weight is 267 g/mol. The van der Waals surface area contributed by atoms with Crippen LogP contribution in [0.15, 0.2) is 28.8 Å². The normalized spacial score (nSPS) is 15.4. The van der Waals surface area contributed by atoms with Crippen LogP contribution in [0.5, 0.6) is 5.75 Å². The Kier molecular flexibility index (Phi) is 2.85. The summed E-state index contributed by atoms with van der Waals surface area (Å²) in [6.45, 7) is 1.22. The van der Waals surface area contributed by atoms with Crippen LogP contribution in [0.4, 0.5) is 5.88 Å². The first-order chi connectivity index (χ1) is 8.72. The number of benzene rings is 1. The number of hydrogen-bond donors (Lipinski definition) is 1. The number of hydrogen-bond acceptors (Lipinski definition) is 5. The van der Waals surface area contributed by atoms with Crippen molar-refractivity contribution in [3.05, 3.63) is 29.3 Å². The molecule has 2 N–H and O–H groups in total. The first kappa shape index (κ1) is 11.4. The van der Waals surface area contributed by atoms with Gasteiger partial charge in [0.25, 0.3) is 0 Å². The smallest absolute Gasteiger partial charge is 0.222 e. The van der Waals surface area contributed by atoms with E-state index < -0.39 is 0 Å². The summed E-state index contributed by atoms with van der Waals surface area (Å²) < 4.78 is 15.5. The zero-order chi connectivity index (χ0) is 12.5. The summed E-state index contributed by atoms with van der Waals surface area (Å²) in [5.74, 6) is 0.915. The Morgan fingerprint density at radius 2 is 2.17 bits per heavy atom. The predicted octanol–water partition coefficient (Wildman–Crippen LogP) is 2.35. The highest BCUT2D eigenvalue weighted by atomic mass is 35.5. The molecule has 0 radical (unpaired) electrons. The van der Waals surface area contributed by atoms with Crippen LogP contribution in [0, 0.1) is 0 Å². The summed E-state index contributed by atoms with van der Waals surface area (Å²) in [6, 6.07) is 7.08. The van der Waals surface area contributed by atoms with Crippen molar-refractivity contribution in [1.29, 1.82) is 0 Å². The van der Waals surface area contributed by atoms with E-state index in [-0.39, 0.29) is 12.0 Å². The predicted molar refractivity (Wildman–Crippen MR) is 66.6 cm³/mol. The zero-order valence-corrected chi connectivity index (χ0v) is 10.2. The molecule has 0 aliphatic carbocycles. The number of nitrogens with two attached hydrogens (primary N) is 1. The van der Waals surface area contributed by atoms with Crippen molar-refractivity contribution in [3.8, 4) is 17.0 Å². The van der Waals surface area contributed by atoms with Gasteiger partial charge in [-0.3, -0.25) is 0 Å². The lowest BCUT2D eigenvalue weighted by Crippen LogP contribution is -2.38. The van der Waals surface area contributed by atoms with Crippen molar-refractivity contribution in [3.63, 3.8) is 0 Å². The molecule has 2 aromatic rings. The van der Waals surface area contributed by atoms with Crippen LogP contribution in [0.2, 0.25) is 5.02 Å². The van der Waals surface area contributed by atoms with Gasteiger partial charge in [-0.1, -0.05) is 16.8 Å². The molecule has 0 saturated carbocycles. The lowest BCUT2D eigenvalue weighted by molar-refractivity contribution is -0.0796. The third kappa shape index (κ3) is 2.14. The standard InChI is InChI=1S/C12H11ClN2O3/c13-9-3-7(10-4-12(14)18-15-10)1-2-11(9)17-8-5-16-6-8/h1-4,8H,5-6,14H2. The molecule has 0 spiro atoms. The van der Waals surface area contributed by atoms with Crippen molar-refractivity contribution >= 4 is 17.5 Å². The van der Waals surface area contributed by atoms with Gasteiger partial charge in [-0.05, 0) is 18.2 Å². The van der Waals surface area contributed by atoms with E-state index in [2.05, 4.69) is 5.16 Å². The van der Waals surface area contributed by atoms with Crippen LogP contribution in [0.3, 0.4) is 0 Å². The van der Waals surface area contributed by atoms with Crippen LogP contribution < -0.4 is 10.5 Å². The fourth-order valence-corrected chi connectivity index (χ4v) is 1.87. The summed E-state index contributed by atoms with van der Waals surface area (Å²) in [5, 5.41) is 4.35. The Bertz CT molecular complexity index is 566. The molecule has 1 aromatic heterocycles. The van der Waals surface area contributed by atoms with E-state index in [4.69, 9.17) is 31.3 Å². The summed E-state index contributed by atoms with van der Waals surface area (Å²) in [4.78, 5) is 0.